The second-order valence-electron chi connectivity index (χ2n) is 9.54. The van der Waals surface area contributed by atoms with Gasteiger partial charge in [0.1, 0.15) is 11.7 Å². The number of carbonyl (C=O) groups is 4. The molecule has 196 valence electrons. The summed E-state index contributed by atoms with van der Waals surface area (Å²) in [6, 6.07) is 20.2. The summed E-state index contributed by atoms with van der Waals surface area (Å²) in [5.41, 5.74) is 3.52. The van der Waals surface area contributed by atoms with Crippen molar-refractivity contribution in [3.8, 4) is 0 Å². The number of halogens is 1. The SMILES string of the molecule is CC1=C(C(c2ccc(Br)cc2)n2cc(CNC3=CC(=O)c4ccccc4C3=O)nn2)C(=O)c2ccccc2C1=O. The summed E-state index contributed by atoms with van der Waals surface area (Å²) in [6.45, 7) is 1.78. The van der Waals surface area contributed by atoms with Crippen LogP contribution in [0.25, 0.3) is 0 Å². The molecule has 1 N–H and O–H groups in total. The van der Waals surface area contributed by atoms with E-state index in [1.165, 1.54) is 6.08 Å². The fourth-order valence-corrected chi connectivity index (χ4v) is 5.36. The molecular weight excluding hydrogens is 572 g/mol. The molecule has 0 spiro atoms. The average molecular weight is 593 g/mol. The van der Waals surface area contributed by atoms with Gasteiger partial charge in [-0.15, -0.1) is 5.10 Å². The Bertz CT molecular complexity index is 1800. The lowest BCUT2D eigenvalue weighted by Crippen LogP contribution is -2.28. The summed E-state index contributed by atoms with van der Waals surface area (Å²) in [6.07, 6.45) is 2.96. The third kappa shape index (κ3) is 4.34. The fourth-order valence-electron chi connectivity index (χ4n) is 5.10. The van der Waals surface area contributed by atoms with Gasteiger partial charge in [0, 0.05) is 43.9 Å². The molecule has 0 saturated carbocycles. The minimum atomic E-state index is -0.719. The number of Topliss-reactive ketones (excluding diaryl/α,β-unsaturated/α-hetero) is 3. The first-order chi connectivity index (χ1) is 19.3. The Morgan fingerprint density at radius 2 is 1.40 bits per heavy atom. The quantitative estimate of drug-likeness (QED) is 0.332. The highest BCUT2D eigenvalue weighted by atomic mass is 79.9. The molecule has 8 nitrogen and oxygen atoms in total. The van der Waals surface area contributed by atoms with Crippen molar-refractivity contribution >= 4 is 39.1 Å². The molecule has 40 heavy (non-hydrogen) atoms. The number of benzene rings is 3. The number of hydrogen-bond donors (Lipinski definition) is 1. The summed E-state index contributed by atoms with van der Waals surface area (Å²) in [5, 5.41) is 11.6. The van der Waals surface area contributed by atoms with Crippen LogP contribution in [0.4, 0.5) is 0 Å². The van der Waals surface area contributed by atoms with Gasteiger partial charge in [-0.25, -0.2) is 4.68 Å². The summed E-state index contributed by atoms with van der Waals surface area (Å²) in [7, 11) is 0. The molecule has 9 heteroatoms. The van der Waals surface area contributed by atoms with Crippen molar-refractivity contribution < 1.29 is 19.2 Å². The minimum absolute atomic E-state index is 0.119. The predicted octanol–water partition coefficient (Wildman–Crippen LogP) is 5.08. The first-order valence-corrected chi connectivity index (χ1v) is 13.3. The highest BCUT2D eigenvalue weighted by Gasteiger charge is 2.36. The van der Waals surface area contributed by atoms with E-state index in [2.05, 4.69) is 31.6 Å². The Morgan fingerprint density at radius 1 is 0.800 bits per heavy atom. The second kappa shape index (κ2) is 10.1. The van der Waals surface area contributed by atoms with E-state index in [0.29, 0.717) is 39.1 Å². The van der Waals surface area contributed by atoms with Gasteiger partial charge in [0.25, 0.3) is 0 Å². The van der Waals surface area contributed by atoms with Gasteiger partial charge in [-0.2, -0.15) is 0 Å². The van der Waals surface area contributed by atoms with Crippen molar-refractivity contribution in [2.45, 2.75) is 19.5 Å². The fraction of sp³-hybridized carbons (Fsp3) is 0.0968. The molecule has 0 amide bonds. The average Bonchev–Trinajstić information content (AvgIpc) is 3.44. The van der Waals surface area contributed by atoms with E-state index < -0.39 is 6.04 Å². The highest BCUT2D eigenvalue weighted by Crippen LogP contribution is 2.36. The van der Waals surface area contributed by atoms with Crippen LogP contribution >= 0.6 is 15.9 Å². The molecule has 4 aromatic rings. The number of hydrogen-bond acceptors (Lipinski definition) is 7. The van der Waals surface area contributed by atoms with Gasteiger partial charge in [-0.05, 0) is 24.6 Å². The van der Waals surface area contributed by atoms with Crippen LogP contribution in [0.5, 0.6) is 0 Å². The van der Waals surface area contributed by atoms with Gasteiger partial charge >= 0.3 is 0 Å². The number of nitrogens with zero attached hydrogens (tertiary/aromatic N) is 3. The van der Waals surface area contributed by atoms with E-state index in [9.17, 15) is 19.2 Å². The molecule has 3 aromatic carbocycles. The zero-order chi connectivity index (χ0) is 28.0. The normalized spacial score (nSPS) is 15.5. The number of aromatic nitrogens is 3. The lowest BCUT2D eigenvalue weighted by molar-refractivity contribution is 0.0967. The van der Waals surface area contributed by atoms with Crippen LogP contribution in [-0.2, 0) is 6.54 Å². The lowest BCUT2D eigenvalue weighted by atomic mass is 9.80. The van der Waals surface area contributed by atoms with Crippen LogP contribution < -0.4 is 5.32 Å². The molecule has 6 rings (SSSR count). The summed E-state index contributed by atoms with van der Waals surface area (Å²) in [4.78, 5) is 52.5. The van der Waals surface area contributed by atoms with E-state index in [1.54, 1.807) is 66.3 Å². The van der Waals surface area contributed by atoms with Crippen molar-refractivity contribution in [3.63, 3.8) is 0 Å². The van der Waals surface area contributed by atoms with Gasteiger partial charge in [-0.1, -0.05) is 81.8 Å². The van der Waals surface area contributed by atoms with E-state index in [-0.39, 0.29) is 35.4 Å². The summed E-state index contributed by atoms with van der Waals surface area (Å²) >= 11 is 3.45. The van der Waals surface area contributed by atoms with Crippen molar-refractivity contribution in [2.24, 2.45) is 0 Å². The van der Waals surface area contributed by atoms with E-state index >= 15 is 0 Å². The smallest absolute Gasteiger partial charge is 0.209 e. The van der Waals surface area contributed by atoms with Crippen LogP contribution in [0, 0.1) is 0 Å². The molecule has 0 bridgehead atoms. The maximum absolute atomic E-state index is 13.8. The molecule has 1 unspecified atom stereocenters. The largest absolute Gasteiger partial charge is 0.376 e. The van der Waals surface area contributed by atoms with Crippen molar-refractivity contribution in [1.82, 2.24) is 20.3 Å². The topological polar surface area (TPSA) is 111 Å². The number of fused-ring (bicyclic) bond motifs is 2. The zero-order valence-electron chi connectivity index (χ0n) is 21.2. The van der Waals surface area contributed by atoms with E-state index in [0.717, 1.165) is 10.0 Å². The van der Waals surface area contributed by atoms with Crippen LogP contribution in [0.2, 0.25) is 0 Å². The Morgan fingerprint density at radius 3 is 2.08 bits per heavy atom. The molecular formula is C31H21BrN4O4. The van der Waals surface area contributed by atoms with Gasteiger partial charge in [0.05, 0.1) is 18.4 Å². The lowest BCUT2D eigenvalue weighted by Gasteiger charge is -2.26. The van der Waals surface area contributed by atoms with Crippen LogP contribution in [0.3, 0.4) is 0 Å². The molecule has 0 fully saturated rings. The van der Waals surface area contributed by atoms with E-state index in [1.807, 2.05) is 24.3 Å². The van der Waals surface area contributed by atoms with Gasteiger partial charge in [0.15, 0.2) is 17.3 Å². The molecule has 1 aromatic heterocycles. The third-order valence-corrected chi connectivity index (χ3v) is 7.63. The molecule has 0 radical (unpaired) electrons. The molecule has 0 aliphatic heterocycles. The number of rotatable bonds is 6. The predicted molar refractivity (Wildman–Crippen MR) is 150 cm³/mol. The number of carbonyl (C=O) groups excluding carboxylic acids is 4. The first kappa shape index (κ1) is 25.5. The number of ketones is 4. The van der Waals surface area contributed by atoms with Crippen LogP contribution in [0.1, 0.15) is 65.7 Å². The highest BCUT2D eigenvalue weighted by molar-refractivity contribution is 9.10. The van der Waals surface area contributed by atoms with E-state index in [4.69, 9.17) is 0 Å². The van der Waals surface area contributed by atoms with Gasteiger partial charge in [-0.3, -0.25) is 19.2 Å². The second-order valence-corrected chi connectivity index (χ2v) is 10.5. The standard InChI is InChI=1S/C31H21BrN4O4/c1-17-27(31(40)24-9-5-4-8-23(24)29(17)38)28(18-10-12-19(32)13-11-18)36-16-20(34-35-36)15-33-25-14-26(37)21-6-2-3-7-22(21)30(25)39/h2-14,16,28,33H,15H2,1H3. The molecule has 1 heterocycles. The molecule has 2 aliphatic rings. The minimum Gasteiger partial charge on any atom is -0.376 e. The van der Waals surface area contributed by atoms with Gasteiger partial charge in [0.2, 0.25) is 5.78 Å². The monoisotopic (exact) mass is 592 g/mol. The Kier molecular flexibility index (Phi) is 6.43. The third-order valence-electron chi connectivity index (χ3n) is 7.10. The Hall–Kier alpha value is -4.76. The summed E-state index contributed by atoms with van der Waals surface area (Å²) in [5.74, 6) is -0.978. The van der Waals surface area contributed by atoms with Gasteiger partial charge < -0.3 is 5.32 Å². The zero-order valence-corrected chi connectivity index (χ0v) is 22.8. The van der Waals surface area contributed by atoms with Crippen molar-refractivity contribution in [2.75, 3.05) is 0 Å². The molecule has 2 aliphatic carbocycles. The molecule has 1 atom stereocenters. The van der Waals surface area contributed by atoms with Crippen LogP contribution in [0.15, 0.2) is 106 Å². The Balaban J connectivity index is 1.34. The van der Waals surface area contributed by atoms with Crippen molar-refractivity contribution in [3.05, 3.63) is 140 Å². The number of nitrogens with one attached hydrogen (secondary N) is 1. The summed E-state index contributed by atoms with van der Waals surface area (Å²) < 4.78 is 2.41. The maximum atomic E-state index is 13.8. The van der Waals surface area contributed by atoms with Crippen LogP contribution in [-0.4, -0.2) is 38.1 Å². The Labute approximate surface area is 237 Å². The first-order valence-electron chi connectivity index (χ1n) is 12.5. The molecule has 0 saturated heterocycles. The maximum Gasteiger partial charge on any atom is 0.209 e. The number of allylic oxidation sites excluding steroid dienone is 4. The van der Waals surface area contributed by atoms with Crippen molar-refractivity contribution in [1.29, 1.82) is 0 Å².